The number of hydroxylamine groups is 2. The number of benzene rings is 2. The number of nitrogens with zero attached hydrogens (tertiary/aromatic N) is 6. The van der Waals surface area contributed by atoms with Gasteiger partial charge in [0.2, 0.25) is 12.3 Å². The number of rotatable bonds is 15. The van der Waals surface area contributed by atoms with Gasteiger partial charge >= 0.3 is 12.1 Å². The minimum Gasteiger partial charge on any atom is -0.490 e. The largest absolute Gasteiger partial charge is 0.490 e. The monoisotopic (exact) mass is 690 g/mol. The molecule has 0 saturated heterocycles. The molecule has 15 heteroatoms. The van der Waals surface area contributed by atoms with E-state index in [1.165, 1.54) is 12.1 Å². The lowest BCUT2D eigenvalue weighted by Gasteiger charge is -2.26. The van der Waals surface area contributed by atoms with E-state index in [0.717, 1.165) is 11.1 Å². The number of amides is 3. The molecule has 0 fully saturated rings. The average molecular weight is 691 g/mol. The van der Waals surface area contributed by atoms with Crippen molar-refractivity contribution in [1.29, 1.82) is 0 Å². The topological polar surface area (TPSA) is 178 Å². The number of ether oxygens (including phenoxy) is 3. The van der Waals surface area contributed by atoms with Crippen LogP contribution in [0, 0.1) is 0 Å². The molecule has 1 N–H and O–H groups in total. The van der Waals surface area contributed by atoms with Gasteiger partial charge in [-0.15, -0.1) is 9.75 Å². The molecule has 266 valence electrons. The maximum absolute atomic E-state index is 13.1. The van der Waals surface area contributed by atoms with Crippen LogP contribution in [0.15, 0.2) is 66.0 Å². The number of aromatic nitrogens is 2. The van der Waals surface area contributed by atoms with Gasteiger partial charge in [0.15, 0.2) is 6.54 Å². The van der Waals surface area contributed by atoms with E-state index in [-0.39, 0.29) is 17.7 Å². The van der Waals surface area contributed by atoms with Crippen LogP contribution >= 0.6 is 0 Å². The van der Waals surface area contributed by atoms with Crippen molar-refractivity contribution in [2.75, 3.05) is 19.7 Å². The number of imide groups is 1. The van der Waals surface area contributed by atoms with Gasteiger partial charge in [0.05, 0.1) is 29.4 Å². The van der Waals surface area contributed by atoms with Crippen LogP contribution in [-0.2, 0) is 32.2 Å². The van der Waals surface area contributed by atoms with Crippen molar-refractivity contribution in [2.45, 2.75) is 84.8 Å². The van der Waals surface area contributed by atoms with Gasteiger partial charge in [-0.25, -0.2) is 14.4 Å². The molecule has 1 aromatic heterocycles. The summed E-state index contributed by atoms with van der Waals surface area (Å²) in [7, 11) is 0. The highest BCUT2D eigenvalue weighted by Gasteiger charge is 2.40. The predicted octanol–water partition coefficient (Wildman–Crippen LogP) is 5.37. The Morgan fingerprint density at radius 1 is 0.920 bits per heavy atom. The lowest BCUT2D eigenvalue weighted by molar-refractivity contribution is -0.775. The summed E-state index contributed by atoms with van der Waals surface area (Å²) in [6.45, 7) is 12.2. The zero-order chi connectivity index (χ0) is 36.5. The molecule has 1 aliphatic rings. The molecule has 1 aliphatic heterocycles. The fraction of sp³-hybridized carbons (Fsp3) is 0.457. The van der Waals surface area contributed by atoms with Crippen molar-refractivity contribution in [3.8, 4) is 16.9 Å². The van der Waals surface area contributed by atoms with Crippen LogP contribution in [0.3, 0.4) is 0 Å². The van der Waals surface area contributed by atoms with Crippen molar-refractivity contribution in [3.05, 3.63) is 82.5 Å². The first kappa shape index (κ1) is 37.4. The Kier molecular flexibility index (Phi) is 12.2. The molecule has 2 aromatic carbocycles. The van der Waals surface area contributed by atoms with Crippen molar-refractivity contribution in [3.63, 3.8) is 0 Å². The molecule has 0 radical (unpaired) electrons. The van der Waals surface area contributed by atoms with Crippen molar-refractivity contribution >= 4 is 23.9 Å². The molecular weight excluding hydrogens is 646 g/mol. The number of aryl methyl sites for hydroxylation is 2. The van der Waals surface area contributed by atoms with Crippen LogP contribution < -0.4 is 14.7 Å². The second kappa shape index (κ2) is 16.3. The van der Waals surface area contributed by atoms with E-state index in [9.17, 15) is 19.2 Å². The van der Waals surface area contributed by atoms with Gasteiger partial charge < -0.3 is 19.5 Å². The van der Waals surface area contributed by atoms with Crippen LogP contribution in [-0.4, -0.2) is 70.6 Å². The third-order valence-corrected chi connectivity index (χ3v) is 7.10. The molecule has 1 atom stereocenters. The Bertz CT molecular complexity index is 1700. The number of fused-ring (bicyclic) bond motifs is 1. The zero-order valence-electron chi connectivity index (χ0n) is 29.2. The summed E-state index contributed by atoms with van der Waals surface area (Å²) in [6.07, 6.45) is 3.38. The van der Waals surface area contributed by atoms with Crippen LogP contribution in [0.4, 0.5) is 4.79 Å². The number of hydrogen-bond acceptors (Lipinski definition) is 9. The van der Waals surface area contributed by atoms with E-state index in [1.54, 1.807) is 45.0 Å². The normalized spacial score (nSPS) is 13.4. The quantitative estimate of drug-likeness (QED) is 0.0420. The molecule has 0 spiro atoms. The molecule has 4 rings (SSSR count). The molecule has 0 saturated carbocycles. The van der Waals surface area contributed by atoms with Crippen LogP contribution in [0.1, 0.15) is 75.1 Å². The molecule has 15 nitrogen and oxygen atoms in total. The summed E-state index contributed by atoms with van der Waals surface area (Å²) in [5.41, 5.74) is 9.38. The summed E-state index contributed by atoms with van der Waals surface area (Å²) < 4.78 is 20.8. The van der Waals surface area contributed by atoms with Gasteiger partial charge in [-0.2, -0.15) is 4.68 Å². The number of carbonyl (C=O) groups is 4. The maximum Gasteiger partial charge on any atom is 0.407 e. The van der Waals surface area contributed by atoms with Gasteiger partial charge in [-0.3, -0.25) is 9.59 Å². The van der Waals surface area contributed by atoms with Crippen molar-refractivity contribution in [2.24, 2.45) is 5.11 Å². The Morgan fingerprint density at radius 3 is 2.16 bits per heavy atom. The fourth-order valence-electron chi connectivity index (χ4n) is 4.95. The summed E-state index contributed by atoms with van der Waals surface area (Å²) >= 11 is 0. The van der Waals surface area contributed by atoms with E-state index in [2.05, 4.69) is 15.3 Å². The number of azide groups is 1. The first-order chi connectivity index (χ1) is 23.6. The lowest BCUT2D eigenvalue weighted by Crippen LogP contribution is -2.43. The van der Waals surface area contributed by atoms with Crippen LogP contribution in [0.2, 0.25) is 0 Å². The Labute approximate surface area is 290 Å². The van der Waals surface area contributed by atoms with E-state index < -0.39 is 41.2 Å². The Morgan fingerprint density at radius 2 is 1.56 bits per heavy atom. The second-order valence-electron chi connectivity index (χ2n) is 13.5. The summed E-state index contributed by atoms with van der Waals surface area (Å²) in [6, 6.07) is 13.5. The van der Waals surface area contributed by atoms with Crippen molar-refractivity contribution < 1.29 is 42.9 Å². The third kappa shape index (κ3) is 10.5. The first-order valence-electron chi connectivity index (χ1n) is 16.3. The molecule has 50 heavy (non-hydrogen) atoms. The van der Waals surface area contributed by atoms with Gasteiger partial charge in [0, 0.05) is 24.4 Å². The highest BCUT2D eigenvalue weighted by Crippen LogP contribution is 2.26. The summed E-state index contributed by atoms with van der Waals surface area (Å²) in [5, 5.41) is 6.98. The van der Waals surface area contributed by atoms with E-state index in [1.807, 2.05) is 54.7 Å². The second-order valence-corrected chi connectivity index (χ2v) is 13.5. The predicted molar refractivity (Wildman–Crippen MR) is 181 cm³/mol. The smallest absolute Gasteiger partial charge is 0.407 e. The van der Waals surface area contributed by atoms with E-state index >= 15 is 0 Å². The van der Waals surface area contributed by atoms with Gasteiger partial charge in [0.25, 0.3) is 11.8 Å². The molecule has 3 aromatic rings. The summed E-state index contributed by atoms with van der Waals surface area (Å²) in [4.78, 5) is 59.4. The zero-order valence-corrected chi connectivity index (χ0v) is 29.2. The lowest BCUT2D eigenvalue weighted by atomic mass is 10.1. The van der Waals surface area contributed by atoms with Crippen molar-refractivity contribution in [1.82, 2.24) is 15.1 Å². The van der Waals surface area contributed by atoms with Crippen LogP contribution in [0.25, 0.3) is 21.6 Å². The van der Waals surface area contributed by atoms with Gasteiger partial charge in [-0.1, -0.05) is 29.4 Å². The molecule has 1 unspecified atom stereocenters. The van der Waals surface area contributed by atoms with Gasteiger partial charge in [0.1, 0.15) is 23.6 Å². The summed E-state index contributed by atoms with van der Waals surface area (Å²) in [5.74, 6) is -1.73. The standard InChI is InChI=1S/C35H43N7O8/c1-34(2,3)48-32(45)29(50-42-30(43)27-11-7-8-12-28(27)31(42)44)23-47-26-15-13-24(14-16-26)25-21-40(41(22-25)20-10-18-38-39-36)19-9-17-37-33(46)49-35(4,5)6/h7-8,11-16,21-22,29H,9-10,17-20,23H2,1-6H3/p+1. The van der Waals surface area contributed by atoms with Gasteiger partial charge in [-0.05, 0) is 83.3 Å². The highest BCUT2D eigenvalue weighted by molar-refractivity contribution is 6.20. The number of nitrogens with one attached hydrogen (secondary N) is 1. The van der Waals surface area contributed by atoms with Crippen LogP contribution in [0.5, 0.6) is 5.75 Å². The molecule has 3 amide bonds. The number of alkyl carbamates (subject to hydrolysis) is 1. The Balaban J connectivity index is 1.43. The number of esters is 1. The average Bonchev–Trinajstić information content (AvgIpc) is 3.56. The third-order valence-electron chi connectivity index (χ3n) is 7.10. The maximum atomic E-state index is 13.1. The number of hydrogen-bond donors (Lipinski definition) is 1. The SMILES string of the molecule is CC(C)(C)OC(=O)NCCCn1cc(-c2ccc(OCC(ON3C(=O)c4ccccc4C3=O)C(=O)OC(C)(C)C)cc2)c[n+]1CCCN=[N+]=[N-]. The fourth-order valence-corrected chi connectivity index (χ4v) is 4.95. The molecule has 0 bridgehead atoms. The van der Waals surface area contributed by atoms with E-state index in [4.69, 9.17) is 24.6 Å². The number of carbonyl (C=O) groups excluding carboxylic acids is 4. The van der Waals surface area contributed by atoms with E-state index in [0.29, 0.717) is 49.8 Å². The molecule has 0 aliphatic carbocycles. The minimum atomic E-state index is -1.42. The minimum absolute atomic E-state index is 0.181. The molecular formula is C35H44N7O8+. The Hall–Kier alpha value is -5.40. The molecule has 2 heterocycles. The highest BCUT2D eigenvalue weighted by atomic mass is 16.7. The first-order valence-corrected chi connectivity index (χ1v) is 16.3.